The van der Waals surface area contributed by atoms with Crippen LogP contribution in [0, 0.1) is 0 Å². The molecule has 13 heavy (non-hydrogen) atoms. The zero-order valence-corrected chi connectivity index (χ0v) is 7.05. The van der Waals surface area contributed by atoms with Gasteiger partial charge in [-0.05, 0) is 12.1 Å². The zero-order valence-electron chi connectivity index (χ0n) is 6.30. The maximum Gasteiger partial charge on any atom is 0.280 e. The minimum Gasteiger partial charge on any atom is -0.364 e. The average molecular weight is 207 g/mol. The molecule has 0 fully saturated rings. The van der Waals surface area contributed by atoms with Crippen LogP contribution in [-0.4, -0.2) is 10.9 Å². The molecule has 0 bridgehead atoms. The van der Waals surface area contributed by atoms with Crippen LogP contribution in [0.15, 0.2) is 12.1 Å². The first kappa shape index (κ1) is 9.85. The number of nitrogens with zero attached hydrogens (tertiary/aromatic N) is 1. The number of amides is 1. The van der Waals surface area contributed by atoms with Crippen LogP contribution in [0.1, 0.15) is 22.6 Å². The Labute approximate surface area is 77.5 Å². The van der Waals surface area contributed by atoms with Crippen molar-refractivity contribution in [2.24, 2.45) is 5.73 Å². The van der Waals surface area contributed by atoms with Gasteiger partial charge in [0, 0.05) is 0 Å². The Hall–Kier alpha value is -1.23. The van der Waals surface area contributed by atoms with Crippen LogP contribution in [-0.2, 0) is 0 Å². The topological polar surface area (TPSA) is 56.0 Å². The molecule has 1 heterocycles. The molecule has 0 aliphatic rings. The van der Waals surface area contributed by atoms with E-state index >= 15 is 0 Å². The van der Waals surface area contributed by atoms with E-state index in [1.807, 2.05) is 0 Å². The van der Waals surface area contributed by atoms with Crippen LogP contribution in [0.25, 0.3) is 0 Å². The van der Waals surface area contributed by atoms with E-state index in [2.05, 4.69) is 4.98 Å². The van der Waals surface area contributed by atoms with E-state index in [1.54, 1.807) is 0 Å². The van der Waals surface area contributed by atoms with Crippen molar-refractivity contribution >= 4 is 17.5 Å². The Balaban J connectivity index is 3.19. The number of carbonyl (C=O) groups is 1. The van der Waals surface area contributed by atoms with E-state index in [1.165, 1.54) is 0 Å². The third-order valence-corrected chi connectivity index (χ3v) is 1.63. The lowest BCUT2D eigenvalue weighted by molar-refractivity contribution is 0.0993. The summed E-state index contributed by atoms with van der Waals surface area (Å²) in [6, 6.07) is 2.20. The SMILES string of the molecule is NC(=O)c1nc(C(F)F)ccc1Cl. The molecule has 0 aliphatic heterocycles. The molecule has 0 aliphatic carbocycles. The van der Waals surface area contributed by atoms with Gasteiger partial charge in [-0.3, -0.25) is 4.79 Å². The first-order valence-corrected chi connectivity index (χ1v) is 3.64. The van der Waals surface area contributed by atoms with E-state index < -0.39 is 18.0 Å². The predicted octanol–water partition coefficient (Wildman–Crippen LogP) is 1.77. The Morgan fingerprint density at radius 3 is 2.62 bits per heavy atom. The van der Waals surface area contributed by atoms with Crippen molar-refractivity contribution in [3.8, 4) is 0 Å². The molecule has 3 nitrogen and oxygen atoms in total. The van der Waals surface area contributed by atoms with E-state index in [-0.39, 0.29) is 10.7 Å². The summed E-state index contributed by atoms with van der Waals surface area (Å²) in [5, 5.41) is -0.0306. The quantitative estimate of drug-likeness (QED) is 0.802. The fourth-order valence-electron chi connectivity index (χ4n) is 0.752. The van der Waals surface area contributed by atoms with E-state index in [0.29, 0.717) is 0 Å². The van der Waals surface area contributed by atoms with Crippen LogP contribution in [0.3, 0.4) is 0 Å². The number of halogens is 3. The monoisotopic (exact) mass is 206 g/mol. The smallest absolute Gasteiger partial charge is 0.280 e. The van der Waals surface area contributed by atoms with Crippen molar-refractivity contribution < 1.29 is 13.6 Å². The first-order chi connectivity index (χ1) is 6.02. The summed E-state index contributed by atoms with van der Waals surface area (Å²) in [7, 11) is 0. The van der Waals surface area contributed by atoms with Gasteiger partial charge < -0.3 is 5.73 Å². The second-order valence-electron chi connectivity index (χ2n) is 2.23. The Morgan fingerprint density at radius 1 is 1.54 bits per heavy atom. The van der Waals surface area contributed by atoms with E-state index in [0.717, 1.165) is 12.1 Å². The number of carbonyl (C=O) groups excluding carboxylic acids is 1. The van der Waals surface area contributed by atoms with Gasteiger partial charge in [-0.15, -0.1) is 0 Å². The van der Waals surface area contributed by atoms with Crippen molar-refractivity contribution in [3.63, 3.8) is 0 Å². The lowest BCUT2D eigenvalue weighted by Crippen LogP contribution is -2.14. The van der Waals surface area contributed by atoms with Gasteiger partial charge in [0.1, 0.15) is 11.4 Å². The second kappa shape index (κ2) is 3.66. The Morgan fingerprint density at radius 2 is 2.15 bits per heavy atom. The fraction of sp³-hybridized carbons (Fsp3) is 0.143. The summed E-state index contributed by atoms with van der Waals surface area (Å²) in [5.74, 6) is -0.924. The Kier molecular flexibility index (Phi) is 2.77. The maximum absolute atomic E-state index is 12.1. The molecular weight excluding hydrogens is 202 g/mol. The molecule has 0 saturated carbocycles. The molecule has 6 heteroatoms. The molecule has 2 N–H and O–H groups in total. The van der Waals surface area contributed by atoms with Crippen molar-refractivity contribution in [3.05, 3.63) is 28.5 Å². The molecule has 0 atom stereocenters. The third kappa shape index (κ3) is 2.12. The van der Waals surface area contributed by atoms with Crippen molar-refractivity contribution in [1.29, 1.82) is 0 Å². The highest BCUT2D eigenvalue weighted by atomic mass is 35.5. The highest BCUT2D eigenvalue weighted by molar-refractivity contribution is 6.33. The number of nitrogens with two attached hydrogens (primary N) is 1. The van der Waals surface area contributed by atoms with Crippen LogP contribution in [0.2, 0.25) is 5.02 Å². The number of hydrogen-bond acceptors (Lipinski definition) is 2. The largest absolute Gasteiger partial charge is 0.364 e. The van der Waals surface area contributed by atoms with Gasteiger partial charge in [0.15, 0.2) is 0 Å². The molecule has 1 aromatic heterocycles. The molecule has 0 unspecified atom stereocenters. The molecule has 1 rings (SSSR count). The molecule has 0 saturated heterocycles. The van der Waals surface area contributed by atoms with Gasteiger partial charge in [0.2, 0.25) is 0 Å². The van der Waals surface area contributed by atoms with Crippen LogP contribution < -0.4 is 5.73 Å². The number of primary amides is 1. The maximum atomic E-state index is 12.1. The molecule has 0 spiro atoms. The van der Waals surface area contributed by atoms with Crippen molar-refractivity contribution in [2.45, 2.75) is 6.43 Å². The van der Waals surface area contributed by atoms with Crippen molar-refractivity contribution in [2.75, 3.05) is 0 Å². The van der Waals surface area contributed by atoms with Gasteiger partial charge in [-0.2, -0.15) is 0 Å². The van der Waals surface area contributed by atoms with Crippen LogP contribution in [0.5, 0.6) is 0 Å². The normalized spacial score (nSPS) is 10.5. The van der Waals surface area contributed by atoms with Crippen molar-refractivity contribution in [1.82, 2.24) is 4.98 Å². The van der Waals surface area contributed by atoms with Crippen LogP contribution in [0.4, 0.5) is 8.78 Å². The van der Waals surface area contributed by atoms with Crippen LogP contribution >= 0.6 is 11.6 Å². The van der Waals surface area contributed by atoms with Gasteiger partial charge >= 0.3 is 0 Å². The number of pyridine rings is 1. The lowest BCUT2D eigenvalue weighted by atomic mass is 10.3. The summed E-state index contributed by atoms with van der Waals surface area (Å²) < 4.78 is 24.2. The summed E-state index contributed by atoms with van der Waals surface area (Å²) in [6.07, 6.45) is -2.74. The number of rotatable bonds is 2. The summed E-state index contributed by atoms with van der Waals surface area (Å²) in [6.45, 7) is 0. The average Bonchev–Trinajstić information content (AvgIpc) is 2.04. The highest BCUT2D eigenvalue weighted by Crippen LogP contribution is 2.20. The third-order valence-electron chi connectivity index (χ3n) is 1.32. The molecule has 0 radical (unpaired) electrons. The van der Waals surface area contributed by atoms with Gasteiger partial charge in [-0.25, -0.2) is 13.8 Å². The number of aromatic nitrogens is 1. The summed E-state index contributed by atoms with van der Waals surface area (Å²) in [5.41, 5.74) is 4.00. The molecule has 70 valence electrons. The highest BCUT2D eigenvalue weighted by Gasteiger charge is 2.14. The van der Waals surface area contributed by atoms with E-state index in [9.17, 15) is 13.6 Å². The lowest BCUT2D eigenvalue weighted by Gasteiger charge is -2.02. The summed E-state index contributed by atoms with van der Waals surface area (Å²) in [4.78, 5) is 13.9. The fourth-order valence-corrected chi connectivity index (χ4v) is 0.950. The van der Waals surface area contributed by atoms with Gasteiger partial charge in [-0.1, -0.05) is 11.6 Å². The molecule has 0 aromatic carbocycles. The van der Waals surface area contributed by atoms with E-state index in [4.69, 9.17) is 17.3 Å². The predicted molar refractivity (Wildman–Crippen MR) is 42.7 cm³/mol. The summed E-state index contributed by atoms with van der Waals surface area (Å²) >= 11 is 5.49. The minimum absolute atomic E-state index is 0.0306. The second-order valence-corrected chi connectivity index (χ2v) is 2.64. The zero-order chi connectivity index (χ0) is 10.0. The first-order valence-electron chi connectivity index (χ1n) is 3.26. The number of alkyl halides is 2. The number of hydrogen-bond donors (Lipinski definition) is 1. The molecule has 1 aromatic rings. The standard InChI is InChI=1S/C7H5ClF2N2O/c8-3-1-2-4(6(9)10)12-5(3)7(11)13/h1-2,6H,(H2,11,13). The van der Waals surface area contributed by atoms with Gasteiger partial charge in [0.25, 0.3) is 12.3 Å². The molecular formula is C7H5ClF2N2O. The van der Waals surface area contributed by atoms with Gasteiger partial charge in [0.05, 0.1) is 5.02 Å². The molecule has 1 amide bonds. The Bertz CT molecular complexity index is 343. The minimum atomic E-state index is -2.74.